The summed E-state index contributed by atoms with van der Waals surface area (Å²) in [5.74, 6) is 0. The molecule has 1 atom stereocenters. The molecule has 1 N–H and O–H groups in total. The summed E-state index contributed by atoms with van der Waals surface area (Å²) in [6.07, 6.45) is 1.99. The molecule has 1 aromatic rings. The highest BCUT2D eigenvalue weighted by Gasteiger charge is 2.04. The second kappa shape index (κ2) is 3.98. The number of nitrogens with one attached hydrogen (secondary N) is 1. The molecular formula is C6H8N4S. The third-order valence-electron chi connectivity index (χ3n) is 1.08. The average Bonchev–Trinajstić information content (AvgIpc) is 2.40. The third kappa shape index (κ3) is 2.60. The highest BCUT2D eigenvalue weighted by molar-refractivity contribution is 7.99. The van der Waals surface area contributed by atoms with E-state index in [0.717, 1.165) is 5.16 Å². The van der Waals surface area contributed by atoms with Crippen molar-refractivity contribution in [1.29, 1.82) is 5.26 Å². The molecule has 0 aliphatic rings. The maximum atomic E-state index is 8.36. The lowest BCUT2D eigenvalue weighted by Crippen LogP contribution is -1.93. The van der Waals surface area contributed by atoms with E-state index >= 15 is 0 Å². The highest BCUT2D eigenvalue weighted by Crippen LogP contribution is 2.19. The van der Waals surface area contributed by atoms with Gasteiger partial charge in [-0.2, -0.15) is 10.4 Å². The van der Waals surface area contributed by atoms with Crippen LogP contribution >= 0.6 is 11.8 Å². The first-order chi connectivity index (χ1) is 5.33. The Labute approximate surface area is 69.0 Å². The predicted molar refractivity (Wildman–Crippen MR) is 41.9 cm³/mol. The zero-order chi connectivity index (χ0) is 8.10. The fraction of sp³-hybridized carbons (Fsp3) is 0.500. The smallest absolute Gasteiger partial charge is 0.183 e. The van der Waals surface area contributed by atoms with Gasteiger partial charge in [0.2, 0.25) is 0 Å². The molecule has 1 aromatic heterocycles. The summed E-state index contributed by atoms with van der Waals surface area (Å²) in [5, 5.41) is 15.8. The fourth-order valence-electron chi connectivity index (χ4n) is 0.612. The van der Waals surface area contributed by atoms with Crippen LogP contribution in [-0.2, 0) is 0 Å². The van der Waals surface area contributed by atoms with E-state index in [-0.39, 0.29) is 5.25 Å². The number of nitrogens with zero attached hydrogens (tertiary/aromatic N) is 3. The Bertz CT molecular complexity index is 238. The number of rotatable bonds is 3. The molecule has 58 valence electrons. The largest absolute Gasteiger partial charge is 0.254 e. The minimum absolute atomic E-state index is 0.271. The van der Waals surface area contributed by atoms with Crippen molar-refractivity contribution in [3.8, 4) is 6.07 Å². The molecule has 1 unspecified atom stereocenters. The van der Waals surface area contributed by atoms with Crippen LogP contribution in [0.5, 0.6) is 0 Å². The summed E-state index contributed by atoms with van der Waals surface area (Å²) in [4.78, 5) is 3.93. The molecule has 0 amide bonds. The normalized spacial score (nSPS) is 12.4. The molecule has 0 aliphatic heterocycles. The van der Waals surface area contributed by atoms with Crippen LogP contribution in [0.3, 0.4) is 0 Å². The van der Waals surface area contributed by atoms with E-state index in [2.05, 4.69) is 21.3 Å². The molecule has 4 nitrogen and oxygen atoms in total. The van der Waals surface area contributed by atoms with Gasteiger partial charge in [-0.15, -0.1) is 0 Å². The topological polar surface area (TPSA) is 65.4 Å². The molecular weight excluding hydrogens is 160 g/mol. The van der Waals surface area contributed by atoms with Crippen molar-refractivity contribution >= 4 is 11.8 Å². The maximum Gasteiger partial charge on any atom is 0.183 e. The van der Waals surface area contributed by atoms with Crippen molar-refractivity contribution in [2.24, 2.45) is 0 Å². The Morgan fingerprint density at radius 3 is 3.27 bits per heavy atom. The first-order valence-corrected chi connectivity index (χ1v) is 4.10. The van der Waals surface area contributed by atoms with Crippen molar-refractivity contribution in [1.82, 2.24) is 15.2 Å². The van der Waals surface area contributed by atoms with Gasteiger partial charge >= 0.3 is 0 Å². The molecule has 0 aliphatic carbocycles. The molecule has 0 saturated heterocycles. The van der Waals surface area contributed by atoms with E-state index in [1.165, 1.54) is 18.1 Å². The fourth-order valence-corrected chi connectivity index (χ4v) is 1.36. The van der Waals surface area contributed by atoms with E-state index < -0.39 is 0 Å². The minimum atomic E-state index is 0.271. The van der Waals surface area contributed by atoms with Crippen molar-refractivity contribution in [3.63, 3.8) is 0 Å². The molecule has 1 rings (SSSR count). The van der Waals surface area contributed by atoms with Gasteiger partial charge in [-0.25, -0.2) is 4.98 Å². The summed E-state index contributed by atoms with van der Waals surface area (Å²) in [7, 11) is 0. The van der Waals surface area contributed by atoms with Crippen molar-refractivity contribution < 1.29 is 0 Å². The van der Waals surface area contributed by atoms with Crippen molar-refractivity contribution in [2.45, 2.75) is 23.8 Å². The molecule has 5 heteroatoms. The van der Waals surface area contributed by atoms with Crippen LogP contribution in [0, 0.1) is 11.3 Å². The summed E-state index contributed by atoms with van der Waals surface area (Å²) in [6.45, 7) is 1.98. The Morgan fingerprint density at radius 2 is 2.73 bits per heavy atom. The van der Waals surface area contributed by atoms with E-state index in [1.54, 1.807) is 0 Å². The summed E-state index contributed by atoms with van der Waals surface area (Å²) in [5.41, 5.74) is 0. The van der Waals surface area contributed by atoms with Gasteiger partial charge in [-0.3, -0.25) is 5.10 Å². The zero-order valence-electron chi connectivity index (χ0n) is 6.11. The predicted octanol–water partition coefficient (Wildman–Crippen LogP) is 1.20. The first kappa shape index (κ1) is 8.08. The van der Waals surface area contributed by atoms with E-state index in [1.807, 2.05) is 6.92 Å². The highest BCUT2D eigenvalue weighted by atomic mass is 32.2. The molecule has 0 radical (unpaired) electrons. The van der Waals surface area contributed by atoms with Crippen LogP contribution in [-0.4, -0.2) is 20.4 Å². The Balaban J connectivity index is 2.38. The Kier molecular flexibility index (Phi) is 2.93. The van der Waals surface area contributed by atoms with E-state index in [4.69, 9.17) is 5.26 Å². The van der Waals surface area contributed by atoms with Gasteiger partial charge in [0.15, 0.2) is 5.16 Å². The van der Waals surface area contributed by atoms with Crippen LogP contribution in [0.15, 0.2) is 11.5 Å². The number of hydrogen-bond acceptors (Lipinski definition) is 4. The van der Waals surface area contributed by atoms with Gasteiger partial charge in [-0.05, 0) is 0 Å². The first-order valence-electron chi connectivity index (χ1n) is 3.22. The SMILES string of the molecule is CC(CC#N)Sc1ncn[nH]1. The van der Waals surface area contributed by atoms with E-state index in [9.17, 15) is 0 Å². The summed E-state index contributed by atoms with van der Waals surface area (Å²) < 4.78 is 0. The van der Waals surface area contributed by atoms with Gasteiger partial charge in [0.05, 0.1) is 6.07 Å². The lowest BCUT2D eigenvalue weighted by atomic mass is 10.4. The summed E-state index contributed by atoms with van der Waals surface area (Å²) in [6, 6.07) is 2.10. The number of hydrogen-bond donors (Lipinski definition) is 1. The van der Waals surface area contributed by atoms with E-state index in [0.29, 0.717) is 6.42 Å². The van der Waals surface area contributed by atoms with Gasteiger partial charge in [-0.1, -0.05) is 18.7 Å². The van der Waals surface area contributed by atoms with Crippen LogP contribution in [0.1, 0.15) is 13.3 Å². The molecule has 0 bridgehead atoms. The maximum absolute atomic E-state index is 8.36. The van der Waals surface area contributed by atoms with Crippen LogP contribution < -0.4 is 0 Å². The zero-order valence-corrected chi connectivity index (χ0v) is 6.93. The number of thioether (sulfide) groups is 1. The lowest BCUT2D eigenvalue weighted by molar-refractivity contribution is 0.938. The number of nitriles is 1. The second-order valence-electron chi connectivity index (χ2n) is 2.08. The molecule has 11 heavy (non-hydrogen) atoms. The second-order valence-corrected chi connectivity index (χ2v) is 3.51. The standard InChI is InChI=1S/C6H8N4S/c1-5(2-3-7)11-6-8-4-9-10-6/h4-5H,2H2,1H3,(H,8,9,10). The molecule has 0 saturated carbocycles. The average molecular weight is 168 g/mol. The van der Waals surface area contributed by atoms with Crippen molar-refractivity contribution in [3.05, 3.63) is 6.33 Å². The number of aromatic nitrogens is 3. The van der Waals surface area contributed by atoms with Crippen LogP contribution in [0.25, 0.3) is 0 Å². The molecule has 1 heterocycles. The van der Waals surface area contributed by atoms with Gasteiger partial charge in [0.25, 0.3) is 0 Å². The van der Waals surface area contributed by atoms with Gasteiger partial charge in [0, 0.05) is 11.7 Å². The Morgan fingerprint density at radius 1 is 1.91 bits per heavy atom. The monoisotopic (exact) mass is 168 g/mol. The van der Waals surface area contributed by atoms with Gasteiger partial charge in [0.1, 0.15) is 6.33 Å². The molecule has 0 spiro atoms. The number of H-pyrrole nitrogens is 1. The van der Waals surface area contributed by atoms with Crippen LogP contribution in [0.4, 0.5) is 0 Å². The molecule has 0 fully saturated rings. The molecule has 0 aromatic carbocycles. The van der Waals surface area contributed by atoms with Crippen molar-refractivity contribution in [2.75, 3.05) is 0 Å². The van der Waals surface area contributed by atoms with Crippen LogP contribution in [0.2, 0.25) is 0 Å². The number of aromatic amines is 1. The lowest BCUT2D eigenvalue weighted by Gasteiger charge is -2.00. The Hall–Kier alpha value is -1.02. The minimum Gasteiger partial charge on any atom is -0.254 e. The quantitative estimate of drug-likeness (QED) is 0.689. The third-order valence-corrected chi connectivity index (χ3v) is 2.07. The van der Waals surface area contributed by atoms with Gasteiger partial charge < -0.3 is 0 Å². The summed E-state index contributed by atoms with van der Waals surface area (Å²) >= 11 is 1.52.